The molecule has 2 fully saturated rings. The Bertz CT molecular complexity index is 358. The maximum absolute atomic E-state index is 11.5. The number of hydrogen-bond donors (Lipinski definition) is 1. The highest BCUT2D eigenvalue weighted by atomic mass is 32.2. The van der Waals surface area contributed by atoms with Gasteiger partial charge >= 0.3 is 0 Å². The predicted molar refractivity (Wildman–Crippen MR) is 71.5 cm³/mol. The Morgan fingerprint density at radius 1 is 1.44 bits per heavy atom. The topological polar surface area (TPSA) is 58.6 Å². The smallest absolute Gasteiger partial charge is 0.153 e. The van der Waals surface area contributed by atoms with Crippen LogP contribution in [0.25, 0.3) is 0 Å². The van der Waals surface area contributed by atoms with Crippen molar-refractivity contribution in [3.05, 3.63) is 0 Å². The largest absolute Gasteiger partial charge is 0.384 e. The van der Waals surface area contributed by atoms with E-state index in [1.165, 1.54) is 6.42 Å². The predicted octanol–water partition coefficient (Wildman–Crippen LogP) is -0.269. The minimum absolute atomic E-state index is 0.144. The Kier molecular flexibility index (Phi) is 5.00. The van der Waals surface area contributed by atoms with Crippen LogP contribution < -0.4 is 5.32 Å². The van der Waals surface area contributed by atoms with E-state index >= 15 is 0 Å². The zero-order chi connectivity index (χ0) is 13.0. The summed E-state index contributed by atoms with van der Waals surface area (Å²) >= 11 is 0. The lowest BCUT2D eigenvalue weighted by molar-refractivity contribution is 0.153. The van der Waals surface area contributed by atoms with E-state index in [0.717, 1.165) is 32.7 Å². The second-order valence-corrected chi connectivity index (χ2v) is 7.69. The first-order chi connectivity index (χ1) is 8.59. The van der Waals surface area contributed by atoms with Crippen LogP contribution in [0.4, 0.5) is 0 Å². The molecule has 6 heteroatoms. The van der Waals surface area contributed by atoms with Crippen LogP contribution in [0.15, 0.2) is 0 Å². The highest BCUT2D eigenvalue weighted by Crippen LogP contribution is 2.17. The first-order valence-electron chi connectivity index (χ1n) is 6.74. The van der Waals surface area contributed by atoms with Gasteiger partial charge in [-0.05, 0) is 31.8 Å². The first-order valence-corrected chi connectivity index (χ1v) is 8.56. The van der Waals surface area contributed by atoms with Crippen LogP contribution in [0.2, 0.25) is 0 Å². The number of ether oxygens (including phenoxy) is 1. The van der Waals surface area contributed by atoms with E-state index in [4.69, 9.17) is 4.74 Å². The van der Waals surface area contributed by atoms with Crippen molar-refractivity contribution in [3.8, 4) is 0 Å². The molecule has 5 nitrogen and oxygen atoms in total. The quantitative estimate of drug-likeness (QED) is 0.749. The molecule has 106 valence electrons. The van der Waals surface area contributed by atoms with Crippen LogP contribution in [-0.4, -0.2) is 70.8 Å². The summed E-state index contributed by atoms with van der Waals surface area (Å²) in [7, 11) is -1.05. The summed E-state index contributed by atoms with van der Waals surface area (Å²) in [6.07, 6.45) is 2.13. The molecule has 0 aromatic carbocycles. The normalized spacial score (nSPS) is 32.7. The van der Waals surface area contributed by atoms with Crippen molar-refractivity contribution >= 4 is 9.84 Å². The molecule has 2 aliphatic rings. The molecule has 0 aromatic rings. The zero-order valence-electron chi connectivity index (χ0n) is 11.1. The molecule has 0 aliphatic carbocycles. The van der Waals surface area contributed by atoms with Crippen molar-refractivity contribution in [1.82, 2.24) is 10.2 Å². The van der Waals surface area contributed by atoms with Crippen LogP contribution >= 0.6 is 0 Å². The fourth-order valence-corrected chi connectivity index (χ4v) is 4.37. The Morgan fingerprint density at radius 2 is 2.28 bits per heavy atom. The van der Waals surface area contributed by atoms with Crippen molar-refractivity contribution in [2.75, 3.05) is 51.4 Å². The number of sulfone groups is 1. The van der Waals surface area contributed by atoms with Crippen LogP contribution in [0.5, 0.6) is 0 Å². The molecule has 18 heavy (non-hydrogen) atoms. The summed E-state index contributed by atoms with van der Waals surface area (Å²) in [6, 6.07) is 0.144. The van der Waals surface area contributed by atoms with Gasteiger partial charge in [-0.1, -0.05) is 0 Å². The van der Waals surface area contributed by atoms with Crippen molar-refractivity contribution in [2.24, 2.45) is 5.92 Å². The summed E-state index contributed by atoms with van der Waals surface area (Å²) in [5.74, 6) is 1.25. The van der Waals surface area contributed by atoms with Gasteiger partial charge in [-0.3, -0.25) is 0 Å². The Morgan fingerprint density at radius 3 is 3.00 bits per heavy atom. The lowest BCUT2D eigenvalue weighted by Crippen LogP contribution is -2.46. The summed E-state index contributed by atoms with van der Waals surface area (Å²) in [5.41, 5.74) is 0. The monoisotopic (exact) mass is 276 g/mol. The molecule has 2 atom stereocenters. The van der Waals surface area contributed by atoms with E-state index in [-0.39, 0.29) is 6.04 Å². The highest BCUT2D eigenvalue weighted by molar-refractivity contribution is 7.91. The number of nitrogens with zero attached hydrogens (tertiary/aromatic N) is 1. The summed E-state index contributed by atoms with van der Waals surface area (Å²) in [6.45, 7) is 4.65. The molecule has 2 aliphatic heterocycles. The van der Waals surface area contributed by atoms with Gasteiger partial charge in [0.15, 0.2) is 9.84 Å². The van der Waals surface area contributed by atoms with Crippen LogP contribution in [-0.2, 0) is 14.6 Å². The van der Waals surface area contributed by atoms with Crippen LogP contribution in [0.3, 0.4) is 0 Å². The van der Waals surface area contributed by atoms with E-state index in [9.17, 15) is 8.42 Å². The van der Waals surface area contributed by atoms with Gasteiger partial charge in [0, 0.05) is 26.2 Å². The van der Waals surface area contributed by atoms with Gasteiger partial charge in [-0.2, -0.15) is 0 Å². The lowest BCUT2D eigenvalue weighted by atomic mass is 10.1. The summed E-state index contributed by atoms with van der Waals surface area (Å²) < 4.78 is 28.2. The molecule has 0 bridgehead atoms. The SMILES string of the molecule is COCC1CCN(CCC2CS(=O)(=O)CCN2)C1. The van der Waals surface area contributed by atoms with E-state index in [0.29, 0.717) is 24.0 Å². The molecule has 2 saturated heterocycles. The molecule has 0 saturated carbocycles. The fourth-order valence-electron chi connectivity index (χ4n) is 2.88. The molecule has 2 heterocycles. The van der Waals surface area contributed by atoms with Gasteiger partial charge in [0.2, 0.25) is 0 Å². The van der Waals surface area contributed by atoms with Gasteiger partial charge in [-0.25, -0.2) is 8.42 Å². The number of rotatable bonds is 5. The molecule has 1 N–H and O–H groups in total. The second kappa shape index (κ2) is 6.32. The van der Waals surface area contributed by atoms with Gasteiger partial charge in [-0.15, -0.1) is 0 Å². The first kappa shape index (κ1) is 14.2. The maximum atomic E-state index is 11.5. The standard InChI is InChI=1S/C12H24N2O3S/c1-17-9-11-2-5-14(8-11)6-3-12-10-18(15,16)7-4-13-12/h11-13H,2-10H2,1H3. The Balaban J connectivity index is 1.69. The molecule has 2 rings (SSSR count). The lowest BCUT2D eigenvalue weighted by Gasteiger charge is -2.25. The molecule has 0 aromatic heterocycles. The Hall–Kier alpha value is -0.170. The average molecular weight is 276 g/mol. The van der Waals surface area contributed by atoms with Crippen molar-refractivity contribution in [1.29, 1.82) is 0 Å². The molecule has 0 amide bonds. The molecule has 2 unspecified atom stereocenters. The van der Waals surface area contributed by atoms with E-state index in [1.54, 1.807) is 7.11 Å². The minimum atomic E-state index is -2.80. The summed E-state index contributed by atoms with van der Waals surface area (Å²) in [5, 5.41) is 3.30. The van der Waals surface area contributed by atoms with E-state index in [2.05, 4.69) is 10.2 Å². The number of methoxy groups -OCH3 is 1. The number of hydrogen-bond acceptors (Lipinski definition) is 5. The average Bonchev–Trinajstić information content (AvgIpc) is 2.74. The third kappa shape index (κ3) is 4.19. The zero-order valence-corrected chi connectivity index (χ0v) is 11.9. The van der Waals surface area contributed by atoms with Crippen molar-refractivity contribution in [2.45, 2.75) is 18.9 Å². The Labute approximate surface area is 110 Å². The van der Waals surface area contributed by atoms with E-state index < -0.39 is 9.84 Å². The van der Waals surface area contributed by atoms with Crippen molar-refractivity contribution in [3.63, 3.8) is 0 Å². The fraction of sp³-hybridized carbons (Fsp3) is 1.00. The van der Waals surface area contributed by atoms with Gasteiger partial charge in [0.1, 0.15) is 0 Å². The minimum Gasteiger partial charge on any atom is -0.384 e. The maximum Gasteiger partial charge on any atom is 0.153 e. The van der Waals surface area contributed by atoms with Gasteiger partial charge < -0.3 is 15.0 Å². The van der Waals surface area contributed by atoms with E-state index in [1.807, 2.05) is 0 Å². The van der Waals surface area contributed by atoms with Crippen LogP contribution in [0.1, 0.15) is 12.8 Å². The molecular formula is C12H24N2O3S. The summed E-state index contributed by atoms with van der Waals surface area (Å²) in [4.78, 5) is 2.42. The third-order valence-electron chi connectivity index (χ3n) is 3.87. The molecule has 0 spiro atoms. The molecular weight excluding hydrogens is 252 g/mol. The highest BCUT2D eigenvalue weighted by Gasteiger charge is 2.26. The molecule has 0 radical (unpaired) electrons. The van der Waals surface area contributed by atoms with Gasteiger partial charge in [0.05, 0.1) is 18.1 Å². The number of likely N-dealkylation sites (tertiary alicyclic amines) is 1. The second-order valence-electron chi connectivity index (χ2n) is 5.46. The third-order valence-corrected chi connectivity index (χ3v) is 5.60. The van der Waals surface area contributed by atoms with Crippen molar-refractivity contribution < 1.29 is 13.2 Å². The van der Waals surface area contributed by atoms with Gasteiger partial charge in [0.25, 0.3) is 0 Å². The van der Waals surface area contributed by atoms with Crippen LogP contribution in [0, 0.1) is 5.92 Å². The number of nitrogens with one attached hydrogen (secondary N) is 1.